The molecule has 29 heavy (non-hydrogen) atoms. The number of hydrogen-bond acceptors (Lipinski definition) is 4. The second-order valence-electron chi connectivity index (χ2n) is 7.71. The smallest absolute Gasteiger partial charge is 0.223 e. The predicted molar refractivity (Wildman–Crippen MR) is 113 cm³/mol. The Hall–Kier alpha value is -2.18. The fourth-order valence-electron chi connectivity index (χ4n) is 3.51. The van der Waals surface area contributed by atoms with Crippen LogP contribution >= 0.6 is 0 Å². The Morgan fingerprint density at radius 3 is 2.34 bits per heavy atom. The number of ether oxygens (including phenoxy) is 1. The van der Waals surface area contributed by atoms with Crippen molar-refractivity contribution in [3.63, 3.8) is 0 Å². The molecule has 0 N–H and O–H groups in total. The van der Waals surface area contributed by atoms with E-state index in [0.717, 1.165) is 24.0 Å². The Balaban J connectivity index is 1.39. The van der Waals surface area contributed by atoms with Gasteiger partial charge in [0, 0.05) is 26.1 Å². The van der Waals surface area contributed by atoms with E-state index in [2.05, 4.69) is 0 Å². The number of nitrogens with zero attached hydrogens (tertiary/aromatic N) is 1. The largest absolute Gasteiger partial charge is 0.376 e. The lowest BCUT2D eigenvalue weighted by Gasteiger charge is -2.32. The average molecular weight is 416 g/mol. The summed E-state index contributed by atoms with van der Waals surface area (Å²) in [4.78, 5) is 14.5. The zero-order valence-corrected chi connectivity index (χ0v) is 17.7. The molecule has 2 aromatic carbocycles. The molecule has 1 saturated heterocycles. The second-order valence-corrected chi connectivity index (χ2v) is 9.82. The van der Waals surface area contributed by atoms with Gasteiger partial charge in [-0.1, -0.05) is 48.0 Å². The predicted octanol–water partition coefficient (Wildman–Crippen LogP) is 3.61. The summed E-state index contributed by atoms with van der Waals surface area (Å²) < 4.78 is 30.7. The van der Waals surface area contributed by atoms with E-state index < -0.39 is 9.84 Å². The highest BCUT2D eigenvalue weighted by atomic mass is 32.2. The first-order valence-electron chi connectivity index (χ1n) is 10.1. The molecule has 0 atom stereocenters. The molecule has 0 saturated carbocycles. The highest BCUT2D eigenvalue weighted by Gasteiger charge is 2.24. The van der Waals surface area contributed by atoms with E-state index >= 15 is 0 Å². The van der Waals surface area contributed by atoms with Crippen molar-refractivity contribution in [1.82, 2.24) is 4.90 Å². The Morgan fingerprint density at radius 1 is 1.03 bits per heavy atom. The monoisotopic (exact) mass is 415 g/mol. The highest BCUT2D eigenvalue weighted by molar-refractivity contribution is 7.91. The summed E-state index contributed by atoms with van der Waals surface area (Å²) in [7, 11) is -3.43. The summed E-state index contributed by atoms with van der Waals surface area (Å²) in [5.74, 6) is 0.220. The molecule has 3 rings (SSSR count). The third kappa shape index (κ3) is 6.41. The number of carbonyl (C=O) groups is 1. The van der Waals surface area contributed by atoms with Crippen LogP contribution < -0.4 is 0 Å². The van der Waals surface area contributed by atoms with E-state index in [1.54, 1.807) is 29.2 Å². The molecule has 6 heteroatoms. The van der Waals surface area contributed by atoms with Crippen molar-refractivity contribution >= 4 is 15.7 Å². The van der Waals surface area contributed by atoms with Gasteiger partial charge in [0.1, 0.15) is 0 Å². The van der Waals surface area contributed by atoms with Gasteiger partial charge in [-0.25, -0.2) is 8.42 Å². The number of piperidine rings is 1. The summed E-state index contributed by atoms with van der Waals surface area (Å²) in [6, 6.07) is 16.9. The first-order valence-corrected chi connectivity index (χ1v) is 11.8. The zero-order valence-electron chi connectivity index (χ0n) is 16.9. The first-order chi connectivity index (χ1) is 13.9. The molecule has 0 aromatic heterocycles. The lowest BCUT2D eigenvalue weighted by molar-refractivity contribution is -0.132. The number of sulfone groups is 1. The quantitative estimate of drug-likeness (QED) is 0.661. The van der Waals surface area contributed by atoms with E-state index in [4.69, 9.17) is 4.74 Å². The van der Waals surface area contributed by atoms with Crippen LogP contribution in [0.5, 0.6) is 0 Å². The summed E-state index contributed by atoms with van der Waals surface area (Å²) in [6.45, 7) is 4.55. The first kappa shape index (κ1) is 21.5. The van der Waals surface area contributed by atoms with Gasteiger partial charge < -0.3 is 9.64 Å². The second kappa shape index (κ2) is 10.0. The van der Waals surface area contributed by atoms with Gasteiger partial charge in [-0.2, -0.15) is 0 Å². The number of amides is 1. The molecule has 156 valence electrons. The summed E-state index contributed by atoms with van der Waals surface area (Å²) >= 11 is 0. The number of likely N-dealkylation sites (tertiary alicyclic amines) is 1. The minimum Gasteiger partial charge on any atom is -0.376 e. The van der Waals surface area contributed by atoms with Gasteiger partial charge in [0.05, 0.1) is 17.3 Å². The van der Waals surface area contributed by atoms with Crippen LogP contribution in [0.3, 0.4) is 0 Å². The van der Waals surface area contributed by atoms with Gasteiger partial charge in [-0.05, 0) is 43.4 Å². The van der Waals surface area contributed by atoms with Crippen LogP contribution in [0, 0.1) is 12.8 Å². The fraction of sp³-hybridized carbons (Fsp3) is 0.435. The van der Waals surface area contributed by atoms with Crippen molar-refractivity contribution in [3.05, 3.63) is 65.7 Å². The normalized spacial score (nSPS) is 15.4. The molecule has 5 nitrogen and oxygen atoms in total. The molecule has 1 amide bonds. The molecule has 1 aliphatic rings. The Kier molecular flexibility index (Phi) is 7.45. The molecule has 1 heterocycles. The lowest BCUT2D eigenvalue weighted by atomic mass is 9.97. The minimum absolute atomic E-state index is 0.0331. The van der Waals surface area contributed by atoms with E-state index in [1.807, 2.05) is 37.3 Å². The van der Waals surface area contributed by atoms with Crippen LogP contribution in [-0.4, -0.2) is 44.7 Å². The van der Waals surface area contributed by atoms with Crippen molar-refractivity contribution in [2.24, 2.45) is 5.92 Å². The van der Waals surface area contributed by atoms with E-state index in [9.17, 15) is 13.2 Å². The van der Waals surface area contributed by atoms with Crippen molar-refractivity contribution in [3.8, 4) is 0 Å². The molecule has 0 radical (unpaired) electrons. The molecule has 0 spiro atoms. The lowest BCUT2D eigenvalue weighted by Crippen LogP contribution is -2.40. The Morgan fingerprint density at radius 2 is 1.69 bits per heavy atom. The molecular weight excluding hydrogens is 386 g/mol. The van der Waals surface area contributed by atoms with E-state index in [-0.39, 0.29) is 23.0 Å². The van der Waals surface area contributed by atoms with Gasteiger partial charge in [0.2, 0.25) is 5.91 Å². The zero-order chi connectivity index (χ0) is 20.7. The van der Waals surface area contributed by atoms with Crippen molar-refractivity contribution < 1.29 is 17.9 Å². The number of carbonyl (C=O) groups excluding carboxylic acids is 1. The van der Waals surface area contributed by atoms with Gasteiger partial charge in [0.25, 0.3) is 0 Å². The van der Waals surface area contributed by atoms with Gasteiger partial charge >= 0.3 is 0 Å². The van der Waals surface area contributed by atoms with Crippen molar-refractivity contribution in [1.29, 1.82) is 0 Å². The average Bonchev–Trinajstić information content (AvgIpc) is 2.74. The molecule has 1 aliphatic heterocycles. The minimum atomic E-state index is -3.43. The number of aryl methyl sites for hydroxylation is 1. The molecule has 1 fully saturated rings. The van der Waals surface area contributed by atoms with Gasteiger partial charge in [0.15, 0.2) is 9.84 Å². The third-order valence-corrected chi connectivity index (χ3v) is 7.13. The fourth-order valence-corrected chi connectivity index (χ4v) is 4.74. The summed E-state index contributed by atoms with van der Waals surface area (Å²) in [5, 5.41) is 0. The number of benzene rings is 2. The molecule has 0 unspecified atom stereocenters. The third-order valence-electron chi connectivity index (χ3n) is 5.40. The number of rotatable bonds is 8. The van der Waals surface area contributed by atoms with Crippen molar-refractivity contribution in [2.45, 2.75) is 37.7 Å². The summed E-state index contributed by atoms with van der Waals surface area (Å²) in [5.41, 5.74) is 2.17. The molecule has 2 aromatic rings. The van der Waals surface area contributed by atoms with Crippen LogP contribution in [0.1, 0.15) is 30.4 Å². The molecule has 0 aliphatic carbocycles. The SMILES string of the molecule is Cc1ccc(S(=O)(=O)CCC(=O)N2CCC(COCc3ccccc3)CC2)cc1. The topological polar surface area (TPSA) is 63.7 Å². The highest BCUT2D eigenvalue weighted by Crippen LogP contribution is 2.20. The van der Waals surface area contributed by atoms with Crippen molar-refractivity contribution in [2.75, 3.05) is 25.4 Å². The van der Waals surface area contributed by atoms with E-state index in [0.29, 0.717) is 32.2 Å². The maximum Gasteiger partial charge on any atom is 0.223 e. The van der Waals surface area contributed by atoms with Gasteiger partial charge in [-0.3, -0.25) is 4.79 Å². The molecule has 0 bridgehead atoms. The van der Waals surface area contributed by atoms with Crippen LogP contribution in [-0.2, 0) is 26.0 Å². The maximum atomic E-state index is 12.5. The maximum absolute atomic E-state index is 12.5. The van der Waals surface area contributed by atoms with E-state index in [1.165, 1.54) is 0 Å². The Bertz CT molecular complexity index is 886. The van der Waals surface area contributed by atoms with Gasteiger partial charge in [-0.15, -0.1) is 0 Å². The van der Waals surface area contributed by atoms with Crippen LogP contribution in [0.2, 0.25) is 0 Å². The Labute approximate surface area is 173 Å². The summed E-state index contributed by atoms with van der Waals surface area (Å²) in [6.07, 6.45) is 1.82. The number of hydrogen-bond donors (Lipinski definition) is 0. The van der Waals surface area contributed by atoms with Crippen LogP contribution in [0.4, 0.5) is 0 Å². The molecular formula is C23H29NO4S. The van der Waals surface area contributed by atoms with Crippen LogP contribution in [0.25, 0.3) is 0 Å². The van der Waals surface area contributed by atoms with Crippen LogP contribution in [0.15, 0.2) is 59.5 Å². The standard InChI is InChI=1S/C23H29NO4S/c1-19-7-9-22(10-8-19)29(26,27)16-13-23(25)24-14-11-21(12-15-24)18-28-17-20-5-3-2-4-6-20/h2-10,21H,11-18H2,1H3.